The third-order valence-electron chi connectivity index (χ3n) is 1.64. The first-order valence-electron chi connectivity index (χ1n) is 3.91. The molecule has 0 aliphatic rings. The molecule has 0 saturated carbocycles. The molecule has 1 heterocycles. The van der Waals surface area contributed by atoms with Crippen molar-refractivity contribution in [2.24, 2.45) is 0 Å². The van der Waals surface area contributed by atoms with Crippen LogP contribution in [0.5, 0.6) is 0 Å². The van der Waals surface area contributed by atoms with Gasteiger partial charge in [0, 0.05) is 24.9 Å². The molecule has 0 amide bonds. The van der Waals surface area contributed by atoms with Crippen molar-refractivity contribution in [3.63, 3.8) is 0 Å². The van der Waals surface area contributed by atoms with E-state index in [9.17, 15) is 0 Å². The number of nitrogens with zero attached hydrogens (tertiary/aromatic N) is 2. The first kappa shape index (κ1) is 8.27. The number of imidazole rings is 1. The van der Waals surface area contributed by atoms with Crippen LogP contribution in [-0.2, 0) is 13.0 Å². The van der Waals surface area contributed by atoms with Gasteiger partial charge in [0.25, 0.3) is 0 Å². The molecule has 11 heavy (non-hydrogen) atoms. The Balaban J connectivity index is 2.68. The van der Waals surface area contributed by atoms with Gasteiger partial charge in [0.2, 0.25) is 0 Å². The van der Waals surface area contributed by atoms with Crippen LogP contribution in [0.25, 0.3) is 0 Å². The zero-order valence-electron chi connectivity index (χ0n) is 6.99. The summed E-state index contributed by atoms with van der Waals surface area (Å²) in [7, 11) is 0. The van der Waals surface area contributed by atoms with Crippen molar-refractivity contribution < 1.29 is 5.11 Å². The first-order valence-corrected chi connectivity index (χ1v) is 3.91. The van der Waals surface area contributed by atoms with Gasteiger partial charge in [-0.3, -0.25) is 0 Å². The molecule has 0 aliphatic heterocycles. The Kier molecular flexibility index (Phi) is 2.65. The lowest BCUT2D eigenvalue weighted by Gasteiger charge is -2.05. The Hall–Kier alpha value is -0.830. The quantitative estimate of drug-likeness (QED) is 0.700. The fourth-order valence-electron chi connectivity index (χ4n) is 1.11. The molecule has 0 aromatic carbocycles. The molecule has 0 spiro atoms. The maximum absolute atomic E-state index is 9.10. The molecule has 0 radical (unpaired) electrons. The Labute approximate surface area is 66.7 Å². The summed E-state index contributed by atoms with van der Waals surface area (Å²) in [5.74, 6) is 0. The average Bonchev–Trinajstić information content (AvgIpc) is 2.34. The number of hydrogen-bond acceptors (Lipinski definition) is 2. The smallest absolute Gasteiger partial charge is 0.0948 e. The van der Waals surface area contributed by atoms with E-state index in [1.165, 1.54) is 0 Å². The van der Waals surface area contributed by atoms with Gasteiger partial charge < -0.3 is 9.67 Å². The van der Waals surface area contributed by atoms with Crippen molar-refractivity contribution in [1.82, 2.24) is 9.55 Å². The van der Waals surface area contributed by atoms with E-state index in [2.05, 4.69) is 11.9 Å². The summed E-state index contributed by atoms with van der Waals surface area (Å²) < 4.78 is 2.03. The van der Waals surface area contributed by atoms with Gasteiger partial charge in [0.15, 0.2) is 0 Å². The molecular formula is C8H14N2O. The van der Waals surface area contributed by atoms with Crippen LogP contribution in [0.4, 0.5) is 0 Å². The molecule has 0 saturated heterocycles. The van der Waals surface area contributed by atoms with E-state index in [-0.39, 0.29) is 6.10 Å². The Morgan fingerprint density at radius 2 is 2.45 bits per heavy atom. The highest BCUT2D eigenvalue weighted by Crippen LogP contribution is 2.02. The Morgan fingerprint density at radius 1 is 1.73 bits per heavy atom. The highest BCUT2D eigenvalue weighted by atomic mass is 16.3. The molecule has 3 nitrogen and oxygen atoms in total. The predicted molar refractivity (Wildman–Crippen MR) is 43.3 cm³/mol. The van der Waals surface area contributed by atoms with Gasteiger partial charge in [-0.2, -0.15) is 0 Å². The number of aliphatic hydroxyl groups excluding tert-OH is 1. The maximum Gasteiger partial charge on any atom is 0.0948 e. The predicted octanol–water partition coefficient (Wildman–Crippen LogP) is 0.826. The summed E-state index contributed by atoms with van der Waals surface area (Å²) in [5.41, 5.74) is 1.10. The average molecular weight is 154 g/mol. The molecule has 62 valence electrons. The molecular weight excluding hydrogens is 140 g/mol. The van der Waals surface area contributed by atoms with Gasteiger partial charge in [-0.15, -0.1) is 0 Å². The van der Waals surface area contributed by atoms with E-state index in [0.717, 1.165) is 12.2 Å². The molecule has 1 N–H and O–H groups in total. The van der Waals surface area contributed by atoms with Crippen molar-refractivity contribution in [2.45, 2.75) is 32.9 Å². The Bertz CT molecular complexity index is 218. The fraction of sp³-hybridized carbons (Fsp3) is 0.625. The van der Waals surface area contributed by atoms with Crippen LogP contribution in [0, 0.1) is 0 Å². The molecule has 1 aromatic rings. The van der Waals surface area contributed by atoms with E-state index < -0.39 is 0 Å². The van der Waals surface area contributed by atoms with Crippen LogP contribution in [0.3, 0.4) is 0 Å². The molecule has 3 heteroatoms. The lowest BCUT2D eigenvalue weighted by molar-refractivity contribution is 0.193. The van der Waals surface area contributed by atoms with E-state index >= 15 is 0 Å². The van der Waals surface area contributed by atoms with E-state index in [4.69, 9.17) is 5.11 Å². The van der Waals surface area contributed by atoms with Gasteiger partial charge in [-0.25, -0.2) is 4.98 Å². The number of rotatable bonds is 3. The normalized spacial score (nSPS) is 13.4. The van der Waals surface area contributed by atoms with Crippen molar-refractivity contribution in [1.29, 1.82) is 0 Å². The minimum atomic E-state index is -0.281. The summed E-state index contributed by atoms with van der Waals surface area (Å²) in [5, 5.41) is 9.10. The highest BCUT2D eigenvalue weighted by molar-refractivity contribution is 4.99. The summed E-state index contributed by atoms with van der Waals surface area (Å²) in [6.07, 6.45) is 4.00. The van der Waals surface area contributed by atoms with Gasteiger partial charge in [0.1, 0.15) is 0 Å². The lowest BCUT2D eigenvalue weighted by atomic mass is 10.2. The minimum absolute atomic E-state index is 0.281. The second-order valence-corrected chi connectivity index (χ2v) is 2.72. The zero-order chi connectivity index (χ0) is 8.27. The molecule has 0 bridgehead atoms. The van der Waals surface area contributed by atoms with Gasteiger partial charge in [0.05, 0.1) is 12.4 Å². The third-order valence-corrected chi connectivity index (χ3v) is 1.64. The van der Waals surface area contributed by atoms with Crippen LogP contribution in [-0.4, -0.2) is 20.8 Å². The lowest BCUT2D eigenvalue weighted by Crippen LogP contribution is -2.08. The van der Waals surface area contributed by atoms with Gasteiger partial charge >= 0.3 is 0 Å². The highest BCUT2D eigenvalue weighted by Gasteiger charge is 2.02. The standard InChI is InChI=1S/C8H14N2O/c1-3-10-6-9-5-8(10)4-7(2)11/h5-7,11H,3-4H2,1-2H3/t7-/m1/s1. The molecule has 0 unspecified atom stereocenters. The van der Waals surface area contributed by atoms with E-state index in [1.807, 2.05) is 4.57 Å². The monoisotopic (exact) mass is 154 g/mol. The maximum atomic E-state index is 9.10. The van der Waals surface area contributed by atoms with E-state index in [0.29, 0.717) is 6.42 Å². The minimum Gasteiger partial charge on any atom is -0.393 e. The number of aryl methyl sites for hydroxylation is 1. The second-order valence-electron chi connectivity index (χ2n) is 2.72. The van der Waals surface area contributed by atoms with Crippen LogP contribution >= 0.6 is 0 Å². The molecule has 0 aliphatic carbocycles. The van der Waals surface area contributed by atoms with Crippen LogP contribution in [0.15, 0.2) is 12.5 Å². The summed E-state index contributed by atoms with van der Waals surface area (Å²) in [6.45, 7) is 4.77. The molecule has 1 atom stereocenters. The van der Waals surface area contributed by atoms with Gasteiger partial charge in [-0.05, 0) is 13.8 Å². The molecule has 0 fully saturated rings. The second kappa shape index (κ2) is 3.53. The molecule has 1 rings (SSSR count). The summed E-state index contributed by atoms with van der Waals surface area (Å²) >= 11 is 0. The topological polar surface area (TPSA) is 38.0 Å². The van der Waals surface area contributed by atoms with Crippen LogP contribution in [0.1, 0.15) is 19.5 Å². The van der Waals surface area contributed by atoms with Crippen molar-refractivity contribution in [3.8, 4) is 0 Å². The largest absolute Gasteiger partial charge is 0.393 e. The van der Waals surface area contributed by atoms with Crippen molar-refractivity contribution in [2.75, 3.05) is 0 Å². The molecule has 1 aromatic heterocycles. The zero-order valence-corrected chi connectivity index (χ0v) is 6.99. The van der Waals surface area contributed by atoms with Crippen LogP contribution < -0.4 is 0 Å². The summed E-state index contributed by atoms with van der Waals surface area (Å²) in [6, 6.07) is 0. The van der Waals surface area contributed by atoms with E-state index in [1.54, 1.807) is 19.4 Å². The third kappa shape index (κ3) is 2.05. The number of hydrogen-bond donors (Lipinski definition) is 1. The fourth-order valence-corrected chi connectivity index (χ4v) is 1.11. The van der Waals surface area contributed by atoms with Crippen molar-refractivity contribution in [3.05, 3.63) is 18.2 Å². The van der Waals surface area contributed by atoms with Crippen LogP contribution in [0.2, 0.25) is 0 Å². The Morgan fingerprint density at radius 3 is 3.00 bits per heavy atom. The number of aromatic nitrogens is 2. The number of aliphatic hydroxyl groups is 1. The van der Waals surface area contributed by atoms with Gasteiger partial charge in [-0.1, -0.05) is 0 Å². The van der Waals surface area contributed by atoms with Crippen molar-refractivity contribution >= 4 is 0 Å². The SMILES string of the molecule is CCn1cncc1C[C@@H](C)O. The summed E-state index contributed by atoms with van der Waals surface area (Å²) in [4.78, 5) is 4.00. The first-order chi connectivity index (χ1) is 5.24.